The monoisotopic (exact) mass is 499 g/mol. The molecule has 0 fully saturated rings. The lowest BCUT2D eigenvalue weighted by Crippen LogP contribution is -2.19. The van der Waals surface area contributed by atoms with Crippen LogP contribution < -0.4 is 20.1 Å². The second-order valence-electron chi connectivity index (χ2n) is 7.66. The van der Waals surface area contributed by atoms with Crippen molar-refractivity contribution >= 4 is 35.1 Å². The van der Waals surface area contributed by atoms with Gasteiger partial charge in [0.25, 0.3) is 5.91 Å². The summed E-state index contributed by atoms with van der Waals surface area (Å²) in [6.45, 7) is 0. The first-order valence-corrected chi connectivity index (χ1v) is 12.0. The van der Waals surface area contributed by atoms with Crippen LogP contribution in [0.1, 0.15) is 21.2 Å². The zero-order chi connectivity index (χ0) is 25.3. The Labute approximate surface area is 213 Å². The number of benzene rings is 3. The number of ether oxygens (including phenoxy) is 2. The van der Waals surface area contributed by atoms with Gasteiger partial charge in [0.05, 0.1) is 14.2 Å². The molecule has 3 aromatic carbocycles. The van der Waals surface area contributed by atoms with Crippen LogP contribution in [0.3, 0.4) is 0 Å². The molecule has 4 rings (SSSR count). The van der Waals surface area contributed by atoms with Gasteiger partial charge in [0.15, 0.2) is 11.5 Å². The van der Waals surface area contributed by atoms with Crippen LogP contribution in [-0.4, -0.2) is 31.0 Å². The topological polar surface area (TPSA) is 89.5 Å². The number of anilines is 2. The maximum atomic E-state index is 13.2. The third-order valence-electron chi connectivity index (χ3n) is 5.25. The Hall–Kier alpha value is -4.30. The van der Waals surface area contributed by atoms with Crippen molar-refractivity contribution in [2.24, 2.45) is 0 Å². The zero-order valence-corrected chi connectivity index (χ0v) is 20.6. The van der Waals surface area contributed by atoms with E-state index in [1.165, 1.54) is 18.9 Å². The number of hydrogen-bond donors (Lipinski definition) is 2. The van der Waals surface area contributed by atoms with Crippen molar-refractivity contribution in [3.05, 3.63) is 108 Å². The molecule has 1 atom stereocenters. The smallest absolute Gasteiger partial charge is 0.255 e. The molecule has 0 aliphatic heterocycles. The fraction of sp³-hybridized carbons (Fsp3) is 0.107. The molecule has 1 heterocycles. The van der Waals surface area contributed by atoms with E-state index in [9.17, 15) is 9.59 Å². The second-order valence-corrected chi connectivity index (χ2v) is 8.84. The van der Waals surface area contributed by atoms with Gasteiger partial charge < -0.3 is 20.1 Å². The van der Waals surface area contributed by atoms with E-state index < -0.39 is 5.25 Å². The van der Waals surface area contributed by atoms with E-state index in [1.807, 2.05) is 54.6 Å². The van der Waals surface area contributed by atoms with Crippen molar-refractivity contribution in [2.75, 3.05) is 24.9 Å². The number of pyridine rings is 1. The van der Waals surface area contributed by atoms with Crippen molar-refractivity contribution in [3.8, 4) is 11.5 Å². The quantitative estimate of drug-likeness (QED) is 0.282. The van der Waals surface area contributed by atoms with Gasteiger partial charge in [-0.25, -0.2) is 4.98 Å². The lowest BCUT2D eigenvalue weighted by molar-refractivity contribution is -0.115. The summed E-state index contributed by atoms with van der Waals surface area (Å²) < 4.78 is 10.5. The molecule has 8 heteroatoms. The molecule has 0 aliphatic rings. The molecule has 0 radical (unpaired) electrons. The molecule has 36 heavy (non-hydrogen) atoms. The van der Waals surface area contributed by atoms with E-state index >= 15 is 0 Å². The molecular formula is C28H25N3O4S. The summed E-state index contributed by atoms with van der Waals surface area (Å²) in [4.78, 5) is 31.1. The fourth-order valence-corrected chi connectivity index (χ4v) is 4.58. The Bertz CT molecular complexity index is 1330. The number of amides is 2. The first-order valence-electron chi connectivity index (χ1n) is 11.1. The molecule has 4 aromatic rings. The maximum Gasteiger partial charge on any atom is 0.255 e. The normalized spacial score (nSPS) is 11.3. The molecule has 0 spiro atoms. The Morgan fingerprint density at radius 1 is 0.806 bits per heavy atom. The summed E-state index contributed by atoms with van der Waals surface area (Å²) in [5.74, 6) is 1.03. The molecule has 7 nitrogen and oxygen atoms in total. The highest BCUT2D eigenvalue weighted by Crippen LogP contribution is 2.37. The average molecular weight is 500 g/mol. The van der Waals surface area contributed by atoms with Crippen LogP contribution in [0.2, 0.25) is 0 Å². The number of thioether (sulfide) groups is 1. The van der Waals surface area contributed by atoms with E-state index in [4.69, 9.17) is 9.47 Å². The first kappa shape index (κ1) is 24.8. The molecule has 0 saturated carbocycles. The Balaban J connectivity index is 1.53. The second kappa shape index (κ2) is 11.9. The number of nitrogens with one attached hydrogen (secondary N) is 2. The zero-order valence-electron chi connectivity index (χ0n) is 19.8. The van der Waals surface area contributed by atoms with Crippen molar-refractivity contribution in [3.63, 3.8) is 0 Å². The van der Waals surface area contributed by atoms with Crippen LogP contribution in [-0.2, 0) is 4.79 Å². The number of carbonyl (C=O) groups is 2. The molecule has 2 N–H and O–H groups in total. The summed E-state index contributed by atoms with van der Waals surface area (Å²) in [5.41, 5.74) is 1.90. The Morgan fingerprint density at radius 2 is 1.58 bits per heavy atom. The third kappa shape index (κ3) is 6.22. The summed E-state index contributed by atoms with van der Waals surface area (Å²) >= 11 is 1.39. The van der Waals surface area contributed by atoms with Gasteiger partial charge in [-0.2, -0.15) is 0 Å². The predicted octanol–water partition coefficient (Wildman–Crippen LogP) is 5.82. The Kier molecular flexibility index (Phi) is 8.20. The van der Waals surface area contributed by atoms with Gasteiger partial charge in [0.2, 0.25) is 5.91 Å². The van der Waals surface area contributed by atoms with Crippen LogP contribution in [0.15, 0.2) is 102 Å². The van der Waals surface area contributed by atoms with Gasteiger partial charge in [-0.05, 0) is 54.1 Å². The summed E-state index contributed by atoms with van der Waals surface area (Å²) in [6.07, 6.45) is 1.63. The van der Waals surface area contributed by atoms with Crippen LogP contribution >= 0.6 is 11.8 Å². The largest absolute Gasteiger partial charge is 0.493 e. The van der Waals surface area contributed by atoms with Crippen molar-refractivity contribution in [1.29, 1.82) is 0 Å². The number of aromatic nitrogens is 1. The van der Waals surface area contributed by atoms with Gasteiger partial charge >= 0.3 is 0 Å². The molecule has 182 valence electrons. The van der Waals surface area contributed by atoms with Crippen LogP contribution in [0.5, 0.6) is 11.5 Å². The molecular weight excluding hydrogens is 474 g/mol. The van der Waals surface area contributed by atoms with Gasteiger partial charge in [0.1, 0.15) is 11.1 Å². The number of methoxy groups -OCH3 is 2. The molecule has 0 saturated heterocycles. The molecule has 1 aromatic heterocycles. The lowest BCUT2D eigenvalue weighted by atomic mass is 10.1. The number of nitrogens with zero attached hydrogens (tertiary/aromatic N) is 1. The third-order valence-corrected chi connectivity index (χ3v) is 6.50. The van der Waals surface area contributed by atoms with E-state index in [1.54, 1.807) is 49.7 Å². The SMILES string of the molecule is COc1ccc(C(=O)Nc2cccc(SC(C(=O)Nc3ccccn3)c3ccccc3)c2)cc1OC. The number of rotatable bonds is 9. The van der Waals surface area contributed by atoms with Crippen molar-refractivity contribution in [1.82, 2.24) is 4.98 Å². The minimum absolute atomic E-state index is 0.190. The van der Waals surface area contributed by atoms with Gasteiger partial charge in [0, 0.05) is 22.3 Å². The van der Waals surface area contributed by atoms with Crippen LogP contribution in [0.4, 0.5) is 11.5 Å². The highest BCUT2D eigenvalue weighted by Gasteiger charge is 2.23. The molecule has 2 amide bonds. The number of hydrogen-bond acceptors (Lipinski definition) is 6. The molecule has 0 aliphatic carbocycles. The molecule has 1 unspecified atom stereocenters. The highest BCUT2D eigenvalue weighted by molar-refractivity contribution is 8.00. The average Bonchev–Trinajstić information content (AvgIpc) is 2.92. The summed E-state index contributed by atoms with van der Waals surface area (Å²) in [7, 11) is 3.06. The minimum Gasteiger partial charge on any atom is -0.493 e. The van der Waals surface area contributed by atoms with E-state index in [-0.39, 0.29) is 11.8 Å². The summed E-state index contributed by atoms with van der Waals surface area (Å²) in [5, 5.41) is 5.27. The van der Waals surface area contributed by atoms with E-state index in [0.29, 0.717) is 28.6 Å². The standard InChI is InChI=1S/C28H25N3O4S/c1-34-23-15-14-20(17-24(23)35-2)27(32)30-21-11-8-12-22(18-21)36-26(19-9-4-3-5-10-19)28(33)31-25-13-6-7-16-29-25/h3-18,26H,1-2H3,(H,30,32)(H,29,31,33). The predicted molar refractivity (Wildman–Crippen MR) is 142 cm³/mol. The van der Waals surface area contributed by atoms with Crippen molar-refractivity contribution in [2.45, 2.75) is 10.1 Å². The highest BCUT2D eigenvalue weighted by atomic mass is 32.2. The molecule has 0 bridgehead atoms. The Morgan fingerprint density at radius 3 is 2.31 bits per heavy atom. The van der Waals surface area contributed by atoms with Crippen LogP contribution in [0.25, 0.3) is 0 Å². The van der Waals surface area contributed by atoms with Gasteiger partial charge in [-0.15, -0.1) is 11.8 Å². The van der Waals surface area contributed by atoms with Crippen molar-refractivity contribution < 1.29 is 19.1 Å². The lowest BCUT2D eigenvalue weighted by Gasteiger charge is -2.17. The van der Waals surface area contributed by atoms with Gasteiger partial charge in [-0.3, -0.25) is 9.59 Å². The fourth-order valence-electron chi connectivity index (χ4n) is 3.49. The minimum atomic E-state index is -0.523. The first-order chi connectivity index (χ1) is 17.6. The summed E-state index contributed by atoms with van der Waals surface area (Å²) in [6, 6.07) is 27.3. The maximum absolute atomic E-state index is 13.2. The van der Waals surface area contributed by atoms with Crippen LogP contribution in [0, 0.1) is 0 Å². The van der Waals surface area contributed by atoms with E-state index in [0.717, 1.165) is 10.5 Å². The van der Waals surface area contributed by atoms with E-state index in [2.05, 4.69) is 15.6 Å². The van der Waals surface area contributed by atoms with Gasteiger partial charge in [-0.1, -0.05) is 42.5 Å². The number of carbonyl (C=O) groups excluding carboxylic acids is 2.